The van der Waals surface area contributed by atoms with Crippen molar-refractivity contribution in [1.29, 1.82) is 0 Å². The molecule has 0 bridgehead atoms. The standard InChI is InChI=1S/C12H18FOSi/c1-9(2)15(10(3)4)14-12-7-5-6-11(13)8-12/h5-10H,1-4H3. The maximum Gasteiger partial charge on any atom is 0.286 e. The Bertz CT molecular complexity index is 304. The number of rotatable bonds is 4. The van der Waals surface area contributed by atoms with Crippen LogP contribution in [-0.2, 0) is 0 Å². The Kier molecular flexibility index (Phi) is 4.33. The van der Waals surface area contributed by atoms with Crippen molar-refractivity contribution in [2.24, 2.45) is 0 Å². The van der Waals surface area contributed by atoms with Crippen molar-refractivity contribution in [2.75, 3.05) is 0 Å². The molecule has 0 saturated carbocycles. The smallest absolute Gasteiger partial charge is 0.286 e. The molecular weight excluding hydrogens is 207 g/mol. The van der Waals surface area contributed by atoms with E-state index in [0.717, 1.165) is 0 Å². The summed E-state index contributed by atoms with van der Waals surface area (Å²) in [7, 11) is -0.914. The summed E-state index contributed by atoms with van der Waals surface area (Å²) in [6, 6.07) is 6.39. The minimum Gasteiger partial charge on any atom is -0.541 e. The fourth-order valence-electron chi connectivity index (χ4n) is 1.57. The van der Waals surface area contributed by atoms with Gasteiger partial charge in [0.15, 0.2) is 0 Å². The molecular formula is C12H18FOSi. The first kappa shape index (κ1) is 12.2. The average Bonchev–Trinajstić information content (AvgIpc) is 2.13. The van der Waals surface area contributed by atoms with Crippen LogP contribution >= 0.6 is 0 Å². The van der Waals surface area contributed by atoms with E-state index in [1.807, 2.05) is 6.07 Å². The quantitative estimate of drug-likeness (QED) is 0.703. The van der Waals surface area contributed by atoms with Crippen LogP contribution in [0.2, 0.25) is 11.1 Å². The minimum atomic E-state index is -0.914. The van der Waals surface area contributed by atoms with Gasteiger partial charge in [-0.05, 0) is 23.2 Å². The molecule has 0 aliphatic heterocycles. The van der Waals surface area contributed by atoms with Crippen LogP contribution in [0, 0.1) is 5.82 Å². The molecule has 1 radical (unpaired) electrons. The Labute approximate surface area is 93.0 Å². The molecule has 1 nitrogen and oxygen atoms in total. The molecule has 0 N–H and O–H groups in total. The van der Waals surface area contributed by atoms with Crippen molar-refractivity contribution in [1.82, 2.24) is 0 Å². The molecule has 3 heteroatoms. The van der Waals surface area contributed by atoms with E-state index in [1.165, 1.54) is 12.1 Å². The molecule has 1 rings (SSSR count). The van der Waals surface area contributed by atoms with Crippen LogP contribution in [0.1, 0.15) is 27.7 Å². The van der Waals surface area contributed by atoms with Crippen LogP contribution < -0.4 is 4.43 Å². The number of hydrogen-bond acceptors (Lipinski definition) is 1. The van der Waals surface area contributed by atoms with E-state index < -0.39 is 9.04 Å². The van der Waals surface area contributed by atoms with Gasteiger partial charge in [0, 0.05) is 6.07 Å². The first-order chi connectivity index (χ1) is 7.00. The van der Waals surface area contributed by atoms with Crippen molar-refractivity contribution in [3.63, 3.8) is 0 Å². The summed E-state index contributed by atoms with van der Waals surface area (Å²) in [5, 5.41) is 0. The Balaban J connectivity index is 2.74. The van der Waals surface area contributed by atoms with Gasteiger partial charge in [0.2, 0.25) is 0 Å². The highest BCUT2D eigenvalue weighted by molar-refractivity contribution is 6.55. The second-order valence-electron chi connectivity index (χ2n) is 4.27. The molecule has 0 amide bonds. The monoisotopic (exact) mass is 225 g/mol. The third-order valence-electron chi connectivity index (χ3n) is 2.17. The maximum atomic E-state index is 13.0. The summed E-state index contributed by atoms with van der Waals surface area (Å²) in [6.07, 6.45) is 0. The zero-order valence-corrected chi connectivity index (χ0v) is 10.8. The van der Waals surface area contributed by atoms with E-state index in [0.29, 0.717) is 16.8 Å². The highest BCUT2D eigenvalue weighted by Crippen LogP contribution is 2.24. The van der Waals surface area contributed by atoms with E-state index in [1.54, 1.807) is 6.07 Å². The van der Waals surface area contributed by atoms with E-state index in [4.69, 9.17) is 4.43 Å². The van der Waals surface area contributed by atoms with Gasteiger partial charge in [-0.25, -0.2) is 4.39 Å². The van der Waals surface area contributed by atoms with Gasteiger partial charge in [-0.15, -0.1) is 0 Å². The Morgan fingerprint density at radius 3 is 2.20 bits per heavy atom. The Morgan fingerprint density at radius 1 is 1.13 bits per heavy atom. The van der Waals surface area contributed by atoms with Crippen molar-refractivity contribution in [3.8, 4) is 5.75 Å². The van der Waals surface area contributed by atoms with Crippen molar-refractivity contribution < 1.29 is 8.82 Å². The lowest BCUT2D eigenvalue weighted by Crippen LogP contribution is -2.28. The van der Waals surface area contributed by atoms with Gasteiger partial charge in [0.05, 0.1) is 0 Å². The van der Waals surface area contributed by atoms with Crippen molar-refractivity contribution in [3.05, 3.63) is 30.1 Å². The van der Waals surface area contributed by atoms with Gasteiger partial charge < -0.3 is 4.43 Å². The SMILES string of the molecule is CC(C)[Si](Oc1cccc(F)c1)C(C)C. The fraction of sp³-hybridized carbons (Fsp3) is 0.500. The van der Waals surface area contributed by atoms with Crippen LogP contribution in [0.15, 0.2) is 24.3 Å². The largest absolute Gasteiger partial charge is 0.541 e. The summed E-state index contributed by atoms with van der Waals surface area (Å²) < 4.78 is 18.8. The Hall–Kier alpha value is -0.833. The molecule has 0 fully saturated rings. The molecule has 0 heterocycles. The predicted molar refractivity (Wildman–Crippen MR) is 63.0 cm³/mol. The minimum absolute atomic E-state index is 0.235. The Morgan fingerprint density at radius 2 is 1.73 bits per heavy atom. The molecule has 0 atom stereocenters. The first-order valence-electron chi connectivity index (χ1n) is 5.31. The first-order valence-corrected chi connectivity index (χ1v) is 6.87. The summed E-state index contributed by atoms with van der Waals surface area (Å²) >= 11 is 0. The van der Waals surface area contributed by atoms with Gasteiger partial charge in [0.25, 0.3) is 9.04 Å². The van der Waals surface area contributed by atoms with Gasteiger partial charge in [-0.1, -0.05) is 33.8 Å². The van der Waals surface area contributed by atoms with Gasteiger partial charge >= 0.3 is 0 Å². The molecule has 15 heavy (non-hydrogen) atoms. The summed E-state index contributed by atoms with van der Waals surface area (Å²) in [5.41, 5.74) is 1.05. The lowest BCUT2D eigenvalue weighted by molar-refractivity contribution is 0.527. The second kappa shape index (κ2) is 5.31. The van der Waals surface area contributed by atoms with E-state index in [2.05, 4.69) is 27.7 Å². The van der Waals surface area contributed by atoms with Crippen LogP contribution in [0.4, 0.5) is 4.39 Å². The lowest BCUT2D eigenvalue weighted by atomic mass is 10.3. The van der Waals surface area contributed by atoms with Gasteiger partial charge in [0.1, 0.15) is 11.6 Å². The average molecular weight is 225 g/mol. The summed E-state index contributed by atoms with van der Waals surface area (Å²) in [6.45, 7) is 8.64. The molecule has 83 valence electrons. The van der Waals surface area contributed by atoms with Crippen LogP contribution in [-0.4, -0.2) is 9.04 Å². The lowest BCUT2D eigenvalue weighted by Gasteiger charge is -2.22. The summed E-state index contributed by atoms with van der Waals surface area (Å²) in [4.78, 5) is 0. The van der Waals surface area contributed by atoms with E-state index in [9.17, 15) is 4.39 Å². The normalized spacial score (nSPS) is 11.5. The van der Waals surface area contributed by atoms with E-state index in [-0.39, 0.29) is 5.82 Å². The number of halogens is 1. The zero-order valence-electron chi connectivity index (χ0n) is 9.75. The third kappa shape index (κ3) is 3.66. The van der Waals surface area contributed by atoms with Gasteiger partial charge in [-0.3, -0.25) is 0 Å². The van der Waals surface area contributed by atoms with Crippen LogP contribution in [0.3, 0.4) is 0 Å². The highest BCUT2D eigenvalue weighted by Gasteiger charge is 2.24. The molecule has 1 aromatic carbocycles. The zero-order chi connectivity index (χ0) is 11.4. The topological polar surface area (TPSA) is 9.23 Å². The molecule has 0 saturated heterocycles. The second-order valence-corrected chi connectivity index (χ2v) is 7.59. The third-order valence-corrected chi connectivity index (χ3v) is 4.92. The highest BCUT2D eigenvalue weighted by atomic mass is 28.3. The van der Waals surface area contributed by atoms with Crippen LogP contribution in [0.25, 0.3) is 0 Å². The molecule has 0 unspecified atom stereocenters. The van der Waals surface area contributed by atoms with E-state index >= 15 is 0 Å². The molecule has 0 aromatic heterocycles. The van der Waals surface area contributed by atoms with Crippen molar-refractivity contribution in [2.45, 2.75) is 38.8 Å². The van der Waals surface area contributed by atoms with Crippen LogP contribution in [0.5, 0.6) is 5.75 Å². The van der Waals surface area contributed by atoms with Crippen molar-refractivity contribution >= 4 is 9.04 Å². The molecule has 0 aliphatic carbocycles. The molecule has 0 spiro atoms. The fourth-order valence-corrected chi connectivity index (χ4v) is 3.77. The number of hydrogen-bond donors (Lipinski definition) is 0. The summed E-state index contributed by atoms with van der Waals surface area (Å²) in [5.74, 6) is 0.424. The molecule has 0 aliphatic rings. The predicted octanol–water partition coefficient (Wildman–Crippen LogP) is 4.02. The van der Waals surface area contributed by atoms with Gasteiger partial charge in [-0.2, -0.15) is 0 Å². The number of benzene rings is 1. The molecule has 1 aromatic rings. The maximum absolute atomic E-state index is 13.0.